The van der Waals surface area contributed by atoms with Gasteiger partial charge in [0.2, 0.25) is 5.91 Å². The van der Waals surface area contributed by atoms with Crippen LogP contribution in [0.4, 0.5) is 28.0 Å². The molecule has 0 radical (unpaired) electrons. The first-order valence-electron chi connectivity index (χ1n) is 10.2. The Hall–Kier alpha value is -3.36. The van der Waals surface area contributed by atoms with Crippen molar-refractivity contribution in [2.75, 3.05) is 5.32 Å². The van der Waals surface area contributed by atoms with Crippen molar-refractivity contribution in [3.05, 3.63) is 71.6 Å². The molecule has 5 nitrogen and oxygen atoms in total. The summed E-state index contributed by atoms with van der Waals surface area (Å²) in [5, 5.41) is 16.3. The van der Waals surface area contributed by atoms with E-state index in [9.17, 15) is 22.4 Å². The number of carbonyl (C=O) groups is 2. The number of alkyl halides is 3. The van der Waals surface area contributed by atoms with Crippen LogP contribution in [-0.4, -0.2) is 28.5 Å². The summed E-state index contributed by atoms with van der Waals surface area (Å²) >= 11 is 0. The number of amides is 1. The molecule has 0 bridgehead atoms. The number of benzene rings is 2. The van der Waals surface area contributed by atoms with Crippen molar-refractivity contribution < 1.29 is 37.4 Å². The Kier molecular flexibility index (Phi) is 8.62. The summed E-state index contributed by atoms with van der Waals surface area (Å²) < 4.78 is 54.6. The van der Waals surface area contributed by atoms with Gasteiger partial charge in [-0.05, 0) is 54.0 Å². The molecule has 2 atom stereocenters. The van der Waals surface area contributed by atoms with E-state index in [1.54, 1.807) is 24.3 Å². The van der Waals surface area contributed by atoms with Crippen LogP contribution in [0.1, 0.15) is 42.4 Å². The van der Waals surface area contributed by atoms with Gasteiger partial charge in [-0.2, -0.15) is 13.2 Å². The number of nitrogens with one attached hydrogen (secondary N) is 1. The lowest BCUT2D eigenvalue weighted by Crippen LogP contribution is -2.34. The molecule has 1 amide bonds. The summed E-state index contributed by atoms with van der Waals surface area (Å²) in [5.41, 5.74) is 1.72. The van der Waals surface area contributed by atoms with Crippen LogP contribution in [0.25, 0.3) is 6.08 Å². The normalized spacial score (nSPS) is 14.9. The van der Waals surface area contributed by atoms with Crippen LogP contribution in [-0.2, 0) is 11.2 Å². The summed E-state index contributed by atoms with van der Waals surface area (Å²) in [4.78, 5) is 21.4. The molecule has 2 aromatic rings. The second-order valence-corrected chi connectivity index (χ2v) is 7.91. The number of rotatable bonds is 7. The van der Waals surface area contributed by atoms with E-state index >= 15 is 0 Å². The van der Waals surface area contributed by atoms with Crippen LogP contribution < -0.4 is 5.32 Å². The van der Waals surface area contributed by atoms with Gasteiger partial charge in [0.15, 0.2) is 0 Å². The Balaban J connectivity index is 0.000000890. The van der Waals surface area contributed by atoms with Gasteiger partial charge >= 0.3 is 12.3 Å². The standard InChI is InChI=1S/C23H23F4NO.CH2O3/c1-3-15-6-9-18(10-7-15)21(14(2)23(25,26)27)22(29)28-20-13-17(8-11-19(20)24)12-16-4-5-16;2-1(3)4/h3,6-11,13-14,16,21H,1,4-5,12H2,2H3,(H,28,29);(H2,2,3,4)/t14-,21+;/m1./s1. The molecule has 0 aliphatic heterocycles. The fourth-order valence-electron chi connectivity index (χ4n) is 3.36. The molecule has 1 aliphatic rings. The number of carboxylic acid groups (broad SMARTS) is 2. The first-order valence-corrected chi connectivity index (χ1v) is 10.2. The zero-order valence-corrected chi connectivity index (χ0v) is 17.9. The monoisotopic (exact) mass is 467 g/mol. The molecule has 0 unspecified atom stereocenters. The summed E-state index contributed by atoms with van der Waals surface area (Å²) in [5.74, 6) is -4.43. The molecule has 0 saturated heterocycles. The molecule has 0 aromatic heterocycles. The van der Waals surface area contributed by atoms with Crippen molar-refractivity contribution in [3.63, 3.8) is 0 Å². The van der Waals surface area contributed by atoms with E-state index in [1.165, 1.54) is 24.3 Å². The van der Waals surface area contributed by atoms with E-state index in [2.05, 4.69) is 11.9 Å². The highest BCUT2D eigenvalue weighted by Crippen LogP contribution is 2.39. The van der Waals surface area contributed by atoms with Gasteiger partial charge in [-0.1, -0.05) is 49.9 Å². The van der Waals surface area contributed by atoms with Gasteiger partial charge in [0.05, 0.1) is 17.5 Å². The number of carbonyl (C=O) groups excluding carboxylic acids is 1. The van der Waals surface area contributed by atoms with Gasteiger partial charge in [0.25, 0.3) is 0 Å². The zero-order chi connectivity index (χ0) is 24.8. The molecule has 9 heteroatoms. The minimum absolute atomic E-state index is 0.0877. The van der Waals surface area contributed by atoms with Crippen molar-refractivity contribution in [1.29, 1.82) is 0 Å². The summed E-state index contributed by atoms with van der Waals surface area (Å²) in [6.45, 7) is 4.58. The van der Waals surface area contributed by atoms with E-state index in [1.807, 2.05) is 0 Å². The van der Waals surface area contributed by atoms with E-state index < -0.39 is 35.9 Å². The Morgan fingerprint density at radius 1 is 1.15 bits per heavy atom. The minimum Gasteiger partial charge on any atom is -0.450 e. The van der Waals surface area contributed by atoms with E-state index in [4.69, 9.17) is 15.0 Å². The van der Waals surface area contributed by atoms with Crippen molar-refractivity contribution in [3.8, 4) is 0 Å². The Bertz CT molecular complexity index is 981. The maximum Gasteiger partial charge on any atom is 0.503 e. The molecular formula is C24H25F4NO4. The molecule has 1 aliphatic carbocycles. The number of hydrogen-bond acceptors (Lipinski definition) is 2. The Morgan fingerprint density at radius 2 is 1.73 bits per heavy atom. The van der Waals surface area contributed by atoms with Gasteiger partial charge < -0.3 is 15.5 Å². The van der Waals surface area contributed by atoms with Crippen LogP contribution in [0.5, 0.6) is 0 Å². The fraction of sp³-hybridized carbons (Fsp3) is 0.333. The smallest absolute Gasteiger partial charge is 0.450 e. The van der Waals surface area contributed by atoms with Crippen LogP contribution >= 0.6 is 0 Å². The van der Waals surface area contributed by atoms with Crippen LogP contribution in [0, 0.1) is 17.7 Å². The lowest BCUT2D eigenvalue weighted by molar-refractivity contribution is -0.178. The maximum atomic E-state index is 14.2. The van der Waals surface area contributed by atoms with Gasteiger partial charge in [-0.15, -0.1) is 0 Å². The Labute approximate surface area is 188 Å². The van der Waals surface area contributed by atoms with Crippen molar-refractivity contribution in [2.24, 2.45) is 11.8 Å². The highest BCUT2D eigenvalue weighted by molar-refractivity contribution is 5.96. The highest BCUT2D eigenvalue weighted by atomic mass is 19.4. The Morgan fingerprint density at radius 3 is 2.21 bits per heavy atom. The summed E-state index contributed by atoms with van der Waals surface area (Å²) in [6.07, 6.45) is -1.84. The predicted octanol–water partition coefficient (Wildman–Crippen LogP) is 6.56. The molecule has 3 N–H and O–H groups in total. The van der Waals surface area contributed by atoms with Crippen molar-refractivity contribution in [2.45, 2.75) is 38.3 Å². The van der Waals surface area contributed by atoms with Crippen LogP contribution in [0.2, 0.25) is 0 Å². The second-order valence-electron chi connectivity index (χ2n) is 7.91. The fourth-order valence-corrected chi connectivity index (χ4v) is 3.36. The number of hydrogen-bond donors (Lipinski definition) is 3. The molecule has 178 valence electrons. The topological polar surface area (TPSA) is 86.6 Å². The molecule has 0 heterocycles. The molecule has 33 heavy (non-hydrogen) atoms. The molecule has 3 rings (SSSR count). The SMILES string of the molecule is C=Cc1ccc([C@@H](C(=O)Nc2cc(CC3CC3)ccc2F)[C@@H](C)C(F)(F)F)cc1.O=C(O)O. The maximum absolute atomic E-state index is 14.2. The van der Waals surface area contributed by atoms with E-state index in [0.29, 0.717) is 5.92 Å². The third-order valence-electron chi connectivity index (χ3n) is 5.34. The van der Waals surface area contributed by atoms with Crippen LogP contribution in [0.15, 0.2) is 49.0 Å². The first-order chi connectivity index (χ1) is 15.4. The molecule has 2 aromatic carbocycles. The first kappa shape index (κ1) is 25.9. The van der Waals surface area contributed by atoms with Gasteiger partial charge in [0, 0.05) is 0 Å². The average Bonchev–Trinajstić information content (AvgIpc) is 3.54. The van der Waals surface area contributed by atoms with Crippen molar-refractivity contribution in [1.82, 2.24) is 0 Å². The zero-order valence-electron chi connectivity index (χ0n) is 17.9. The van der Waals surface area contributed by atoms with Gasteiger partial charge in [-0.3, -0.25) is 4.79 Å². The molecular weight excluding hydrogens is 442 g/mol. The van der Waals surface area contributed by atoms with Gasteiger partial charge in [0.1, 0.15) is 5.82 Å². The predicted molar refractivity (Wildman–Crippen MR) is 117 cm³/mol. The van der Waals surface area contributed by atoms with Gasteiger partial charge in [-0.25, -0.2) is 9.18 Å². The molecule has 1 fully saturated rings. The van der Waals surface area contributed by atoms with E-state index in [0.717, 1.165) is 37.3 Å². The summed E-state index contributed by atoms with van der Waals surface area (Å²) in [6, 6.07) is 10.6. The van der Waals surface area contributed by atoms with Crippen molar-refractivity contribution >= 4 is 23.8 Å². The highest BCUT2D eigenvalue weighted by Gasteiger charge is 2.45. The second kappa shape index (κ2) is 11.0. The lowest BCUT2D eigenvalue weighted by Gasteiger charge is -2.26. The number of halogens is 4. The lowest BCUT2D eigenvalue weighted by atomic mass is 9.85. The minimum atomic E-state index is -4.58. The summed E-state index contributed by atoms with van der Waals surface area (Å²) in [7, 11) is 0. The van der Waals surface area contributed by atoms with Crippen LogP contribution in [0.3, 0.4) is 0 Å². The van der Waals surface area contributed by atoms with E-state index in [-0.39, 0.29) is 11.3 Å². The third-order valence-corrected chi connectivity index (χ3v) is 5.34. The largest absolute Gasteiger partial charge is 0.503 e. The third kappa shape index (κ3) is 7.93. The number of anilines is 1. The quantitative estimate of drug-likeness (QED) is 0.402. The average molecular weight is 467 g/mol. The molecule has 1 saturated carbocycles. The molecule has 0 spiro atoms.